The number of benzene rings is 1. The number of nitrogens with zero attached hydrogens (tertiary/aromatic N) is 1. The van der Waals surface area contributed by atoms with Gasteiger partial charge in [-0.3, -0.25) is 9.59 Å². The molecular weight excluding hydrogens is 320 g/mol. The molecule has 0 atom stereocenters. The van der Waals surface area contributed by atoms with Crippen molar-refractivity contribution in [2.75, 3.05) is 31.3 Å². The molecule has 8 heteroatoms. The summed E-state index contributed by atoms with van der Waals surface area (Å²) in [4.78, 5) is 23.2. The van der Waals surface area contributed by atoms with E-state index in [1.54, 1.807) is 31.2 Å². The van der Waals surface area contributed by atoms with E-state index in [2.05, 4.69) is 5.32 Å². The van der Waals surface area contributed by atoms with Gasteiger partial charge in [0.2, 0.25) is 15.9 Å². The molecule has 0 aliphatic heterocycles. The molecule has 0 fully saturated rings. The van der Waals surface area contributed by atoms with Crippen LogP contribution in [0.5, 0.6) is 0 Å². The van der Waals surface area contributed by atoms with Crippen molar-refractivity contribution >= 4 is 27.6 Å². The molecule has 0 aliphatic carbocycles. The lowest BCUT2D eigenvalue weighted by molar-refractivity contribution is -0.142. The van der Waals surface area contributed by atoms with Crippen molar-refractivity contribution in [3.05, 3.63) is 29.8 Å². The first kappa shape index (κ1) is 19.1. The van der Waals surface area contributed by atoms with E-state index in [1.807, 2.05) is 0 Å². The van der Waals surface area contributed by atoms with Crippen LogP contribution in [0.4, 0.5) is 5.69 Å². The van der Waals surface area contributed by atoms with Gasteiger partial charge in [0.25, 0.3) is 0 Å². The maximum absolute atomic E-state index is 11.8. The smallest absolute Gasteiger partial charge is 0.310 e. The Morgan fingerprint density at radius 1 is 1.17 bits per heavy atom. The van der Waals surface area contributed by atoms with Crippen molar-refractivity contribution in [3.63, 3.8) is 0 Å². The van der Waals surface area contributed by atoms with E-state index in [9.17, 15) is 18.0 Å². The number of sulfonamides is 1. The highest BCUT2D eigenvalue weighted by Gasteiger charge is 2.18. The second-order valence-electron chi connectivity index (χ2n) is 4.88. The standard InChI is InChI=1S/C15H22N2O5S/c1-4-22-15(19)10-12-6-8-13(9-7-12)16-14(18)11-17(3)23(20,21)5-2/h6-9H,4-5,10-11H2,1-3H3,(H,16,18). The van der Waals surface area contributed by atoms with E-state index in [4.69, 9.17) is 4.74 Å². The Morgan fingerprint density at radius 2 is 1.78 bits per heavy atom. The number of esters is 1. The number of nitrogens with one attached hydrogen (secondary N) is 1. The third-order valence-corrected chi connectivity index (χ3v) is 4.91. The molecule has 7 nitrogen and oxygen atoms in total. The normalized spacial score (nSPS) is 11.3. The lowest BCUT2D eigenvalue weighted by Gasteiger charge is -2.15. The minimum absolute atomic E-state index is 0.0562. The Morgan fingerprint density at radius 3 is 2.30 bits per heavy atom. The lowest BCUT2D eigenvalue weighted by atomic mass is 10.1. The van der Waals surface area contributed by atoms with Gasteiger partial charge >= 0.3 is 5.97 Å². The summed E-state index contributed by atoms with van der Waals surface area (Å²) in [5.74, 6) is -0.794. The largest absolute Gasteiger partial charge is 0.466 e. The Balaban J connectivity index is 2.58. The van der Waals surface area contributed by atoms with E-state index in [0.717, 1.165) is 9.87 Å². The first-order valence-corrected chi connectivity index (χ1v) is 8.87. The minimum Gasteiger partial charge on any atom is -0.466 e. The molecule has 0 unspecified atom stereocenters. The highest BCUT2D eigenvalue weighted by Crippen LogP contribution is 2.11. The van der Waals surface area contributed by atoms with Gasteiger partial charge in [0, 0.05) is 12.7 Å². The third-order valence-electron chi connectivity index (χ3n) is 3.10. The van der Waals surface area contributed by atoms with Gasteiger partial charge in [0.1, 0.15) is 0 Å². The number of carbonyl (C=O) groups excluding carboxylic acids is 2. The van der Waals surface area contributed by atoms with Gasteiger partial charge in [0.15, 0.2) is 0 Å². The molecule has 1 N–H and O–H groups in total. The van der Waals surface area contributed by atoms with Crippen LogP contribution in [0.15, 0.2) is 24.3 Å². The van der Waals surface area contributed by atoms with Crippen LogP contribution in [0.3, 0.4) is 0 Å². The number of carbonyl (C=O) groups is 2. The maximum atomic E-state index is 11.8. The van der Waals surface area contributed by atoms with Crippen LogP contribution in [0.1, 0.15) is 19.4 Å². The van der Waals surface area contributed by atoms with Crippen molar-refractivity contribution in [3.8, 4) is 0 Å². The molecule has 0 bridgehead atoms. The topological polar surface area (TPSA) is 92.8 Å². The van der Waals surface area contributed by atoms with Gasteiger partial charge in [-0.15, -0.1) is 0 Å². The molecule has 0 radical (unpaired) electrons. The summed E-state index contributed by atoms with van der Waals surface area (Å²) in [5, 5.41) is 2.61. The first-order chi connectivity index (χ1) is 10.8. The molecule has 0 aromatic heterocycles. The van der Waals surface area contributed by atoms with Gasteiger partial charge in [-0.1, -0.05) is 12.1 Å². The quantitative estimate of drug-likeness (QED) is 0.712. The predicted octanol–water partition coefficient (Wildman–Crippen LogP) is 1.01. The number of amides is 1. The van der Waals surface area contributed by atoms with E-state index in [-0.39, 0.29) is 24.7 Å². The average molecular weight is 342 g/mol. The van der Waals surface area contributed by atoms with E-state index >= 15 is 0 Å². The second-order valence-corrected chi connectivity index (χ2v) is 7.25. The monoisotopic (exact) mass is 342 g/mol. The molecule has 0 saturated carbocycles. The van der Waals surface area contributed by atoms with Gasteiger partial charge in [-0.2, -0.15) is 4.31 Å². The highest BCUT2D eigenvalue weighted by molar-refractivity contribution is 7.89. The molecule has 0 aliphatic rings. The van der Waals surface area contributed by atoms with Crippen molar-refractivity contribution < 1.29 is 22.7 Å². The van der Waals surface area contributed by atoms with Gasteiger partial charge in [0.05, 0.1) is 25.3 Å². The van der Waals surface area contributed by atoms with Gasteiger partial charge < -0.3 is 10.1 Å². The fourth-order valence-corrected chi connectivity index (χ4v) is 2.56. The molecule has 0 saturated heterocycles. The zero-order valence-corrected chi connectivity index (χ0v) is 14.4. The molecule has 0 heterocycles. The Hall–Kier alpha value is -1.93. The van der Waals surface area contributed by atoms with Crippen molar-refractivity contribution in [1.82, 2.24) is 4.31 Å². The first-order valence-electron chi connectivity index (χ1n) is 7.27. The third kappa shape index (κ3) is 6.37. The predicted molar refractivity (Wildman–Crippen MR) is 87.5 cm³/mol. The lowest BCUT2D eigenvalue weighted by Crippen LogP contribution is -2.35. The maximum Gasteiger partial charge on any atom is 0.310 e. The summed E-state index contributed by atoms with van der Waals surface area (Å²) in [7, 11) is -2.03. The van der Waals surface area contributed by atoms with Gasteiger partial charge in [-0.25, -0.2) is 8.42 Å². The van der Waals surface area contributed by atoms with Crippen LogP contribution in [0.2, 0.25) is 0 Å². The molecule has 128 valence electrons. The van der Waals surface area contributed by atoms with Crippen LogP contribution in [0.25, 0.3) is 0 Å². The summed E-state index contributed by atoms with van der Waals surface area (Å²) >= 11 is 0. The molecular formula is C15H22N2O5S. The molecule has 0 spiro atoms. The van der Waals surface area contributed by atoms with E-state index in [1.165, 1.54) is 14.0 Å². The Labute approximate surface area is 136 Å². The molecule has 23 heavy (non-hydrogen) atoms. The fraction of sp³-hybridized carbons (Fsp3) is 0.467. The number of ether oxygens (including phenoxy) is 1. The zero-order valence-electron chi connectivity index (χ0n) is 13.5. The van der Waals surface area contributed by atoms with E-state index in [0.29, 0.717) is 12.3 Å². The SMILES string of the molecule is CCOC(=O)Cc1ccc(NC(=O)CN(C)S(=O)(=O)CC)cc1. The number of hydrogen-bond acceptors (Lipinski definition) is 5. The summed E-state index contributed by atoms with van der Waals surface area (Å²) in [6, 6.07) is 6.72. The Bertz CT molecular complexity index is 640. The molecule has 1 aromatic rings. The van der Waals surface area contributed by atoms with Crippen LogP contribution in [0, 0.1) is 0 Å². The average Bonchev–Trinajstić information content (AvgIpc) is 2.49. The van der Waals surface area contributed by atoms with E-state index < -0.39 is 15.9 Å². The summed E-state index contributed by atoms with van der Waals surface area (Å²) < 4.78 is 29.0. The number of hydrogen-bond donors (Lipinski definition) is 1. The fourth-order valence-electron chi connectivity index (χ4n) is 1.81. The number of anilines is 1. The molecule has 1 aromatic carbocycles. The summed E-state index contributed by atoms with van der Waals surface area (Å²) in [5.41, 5.74) is 1.30. The summed E-state index contributed by atoms with van der Waals surface area (Å²) in [6.45, 7) is 3.35. The van der Waals surface area contributed by atoms with Crippen LogP contribution >= 0.6 is 0 Å². The molecule has 1 rings (SSSR count). The molecule has 1 amide bonds. The van der Waals surface area contributed by atoms with Crippen molar-refractivity contribution in [2.45, 2.75) is 20.3 Å². The van der Waals surface area contributed by atoms with Crippen LogP contribution in [-0.2, 0) is 30.8 Å². The van der Waals surface area contributed by atoms with Crippen molar-refractivity contribution in [2.24, 2.45) is 0 Å². The van der Waals surface area contributed by atoms with Crippen LogP contribution < -0.4 is 5.32 Å². The highest BCUT2D eigenvalue weighted by atomic mass is 32.2. The minimum atomic E-state index is -3.39. The van der Waals surface area contributed by atoms with Crippen molar-refractivity contribution in [1.29, 1.82) is 0 Å². The Kier molecular flexibility index (Phi) is 7.18. The zero-order chi connectivity index (χ0) is 17.5. The number of likely N-dealkylation sites (N-methyl/N-ethyl adjacent to an activating group) is 1. The second kappa shape index (κ2) is 8.64. The van der Waals surface area contributed by atoms with Gasteiger partial charge in [-0.05, 0) is 31.5 Å². The summed E-state index contributed by atoms with van der Waals surface area (Å²) in [6.07, 6.45) is 0.166. The number of rotatable bonds is 8. The van der Waals surface area contributed by atoms with Crippen LogP contribution in [-0.4, -0.2) is 50.6 Å².